The summed E-state index contributed by atoms with van der Waals surface area (Å²) in [6.45, 7) is 4.21. The molecule has 26 heavy (non-hydrogen) atoms. The summed E-state index contributed by atoms with van der Waals surface area (Å²) in [7, 11) is -2.47. The molecule has 2 aromatic rings. The average Bonchev–Trinajstić information content (AvgIpc) is 2.56. The zero-order chi connectivity index (χ0) is 19.5. The van der Waals surface area contributed by atoms with Crippen LogP contribution in [0.1, 0.15) is 18.1 Å². The summed E-state index contributed by atoms with van der Waals surface area (Å²) in [6.07, 6.45) is 0. The van der Waals surface area contributed by atoms with Gasteiger partial charge < -0.3 is 5.32 Å². The van der Waals surface area contributed by atoms with Crippen molar-refractivity contribution >= 4 is 34.0 Å². The number of nitrogens with zero attached hydrogens (tertiary/aromatic N) is 2. The Hall–Kier alpha value is -2.65. The Morgan fingerprint density at radius 3 is 2.46 bits per heavy atom. The van der Waals surface area contributed by atoms with Crippen LogP contribution < -0.4 is 10.5 Å². The number of benzene rings is 2. The third kappa shape index (κ3) is 4.50. The molecule has 2 rings (SSSR count). The maximum atomic E-state index is 13.5. The van der Waals surface area contributed by atoms with Crippen molar-refractivity contribution in [2.75, 3.05) is 12.4 Å². The first-order chi connectivity index (χ1) is 12.1. The van der Waals surface area contributed by atoms with Crippen LogP contribution in [0.3, 0.4) is 0 Å². The van der Waals surface area contributed by atoms with Crippen LogP contribution in [0.5, 0.6) is 0 Å². The highest BCUT2D eigenvalue weighted by atomic mass is 32.2. The lowest BCUT2D eigenvalue weighted by Crippen LogP contribution is -2.14. The van der Waals surface area contributed by atoms with Crippen LogP contribution in [0.2, 0.25) is 0 Å². The Kier molecular flexibility index (Phi) is 5.53. The third-order valence-electron chi connectivity index (χ3n) is 3.57. The van der Waals surface area contributed by atoms with Crippen molar-refractivity contribution in [3.05, 3.63) is 53.6 Å². The molecule has 0 aliphatic rings. The van der Waals surface area contributed by atoms with Gasteiger partial charge >= 0.3 is 0 Å². The van der Waals surface area contributed by atoms with E-state index in [4.69, 9.17) is 5.14 Å². The summed E-state index contributed by atoms with van der Waals surface area (Å²) >= 11 is 0. The fourth-order valence-corrected chi connectivity index (χ4v) is 2.84. The number of sulfonamides is 1. The smallest absolute Gasteiger partial charge is 0.270 e. The Bertz CT molecular complexity index is 967. The van der Waals surface area contributed by atoms with E-state index >= 15 is 0 Å². The van der Waals surface area contributed by atoms with Crippen molar-refractivity contribution in [2.45, 2.75) is 17.7 Å². The second-order valence-corrected chi connectivity index (χ2v) is 7.11. The SMILES string of the molecule is C=NC(=NC)c1cc(S(N)(=O)=O)ccc1Nc1cccc(C(C)(F)F)c1. The van der Waals surface area contributed by atoms with Gasteiger partial charge in [0.25, 0.3) is 5.92 Å². The van der Waals surface area contributed by atoms with Gasteiger partial charge in [0.05, 0.1) is 4.90 Å². The van der Waals surface area contributed by atoms with Crippen LogP contribution in [0.25, 0.3) is 0 Å². The number of halogens is 2. The van der Waals surface area contributed by atoms with Crippen LogP contribution in [0.4, 0.5) is 20.2 Å². The monoisotopic (exact) mass is 380 g/mol. The molecule has 0 radical (unpaired) electrons. The lowest BCUT2D eigenvalue weighted by atomic mass is 10.1. The zero-order valence-corrected chi connectivity index (χ0v) is 15.0. The standard InChI is InChI=1S/C17H18F2N4O2S/c1-17(18,19)11-5-4-6-12(9-11)23-15-8-7-13(26(20,24)25)10-14(15)16(21-2)22-3/h4-10,23H,2H2,1,3H3,(H2,20,24,25). The van der Waals surface area contributed by atoms with E-state index in [-0.39, 0.29) is 16.3 Å². The highest BCUT2D eigenvalue weighted by Gasteiger charge is 2.24. The van der Waals surface area contributed by atoms with Crippen molar-refractivity contribution < 1.29 is 17.2 Å². The molecule has 0 aliphatic carbocycles. The van der Waals surface area contributed by atoms with E-state index in [0.29, 0.717) is 16.9 Å². The molecule has 3 N–H and O–H groups in total. The van der Waals surface area contributed by atoms with Gasteiger partial charge in [-0.1, -0.05) is 12.1 Å². The molecular formula is C17H18F2N4O2S. The van der Waals surface area contributed by atoms with Crippen molar-refractivity contribution in [2.24, 2.45) is 15.1 Å². The van der Waals surface area contributed by atoms with Gasteiger partial charge in [-0.2, -0.15) is 0 Å². The topological polar surface area (TPSA) is 96.9 Å². The summed E-state index contributed by atoms with van der Waals surface area (Å²) in [5.41, 5.74) is 0.981. The number of primary sulfonamides is 1. The highest BCUT2D eigenvalue weighted by Crippen LogP contribution is 2.31. The van der Waals surface area contributed by atoms with E-state index in [9.17, 15) is 17.2 Å². The molecule has 138 valence electrons. The minimum absolute atomic E-state index is 0.128. The quantitative estimate of drug-likeness (QED) is 0.615. The number of nitrogens with two attached hydrogens (primary N) is 1. The zero-order valence-electron chi connectivity index (χ0n) is 14.2. The van der Waals surface area contributed by atoms with Crippen molar-refractivity contribution in [1.82, 2.24) is 0 Å². The second kappa shape index (κ2) is 7.30. The minimum Gasteiger partial charge on any atom is -0.355 e. The number of amidine groups is 1. The number of nitrogens with one attached hydrogen (secondary N) is 1. The lowest BCUT2D eigenvalue weighted by Gasteiger charge is -2.15. The number of hydrogen-bond donors (Lipinski definition) is 2. The Balaban J connectivity index is 2.54. The van der Waals surface area contributed by atoms with Crippen LogP contribution in [-0.4, -0.2) is 28.0 Å². The first kappa shape index (κ1) is 19.7. The van der Waals surface area contributed by atoms with Gasteiger partial charge in [0, 0.05) is 36.5 Å². The lowest BCUT2D eigenvalue weighted by molar-refractivity contribution is 0.0175. The fraction of sp³-hybridized carbons (Fsp3) is 0.176. The van der Waals surface area contributed by atoms with E-state index < -0.39 is 15.9 Å². The van der Waals surface area contributed by atoms with E-state index in [1.54, 1.807) is 6.07 Å². The van der Waals surface area contributed by atoms with Crippen LogP contribution >= 0.6 is 0 Å². The van der Waals surface area contributed by atoms with Gasteiger partial charge in [-0.3, -0.25) is 4.99 Å². The first-order valence-electron chi connectivity index (χ1n) is 7.42. The molecular weight excluding hydrogens is 362 g/mol. The summed E-state index contributed by atoms with van der Waals surface area (Å²) < 4.78 is 50.2. The summed E-state index contributed by atoms with van der Waals surface area (Å²) in [4.78, 5) is 7.59. The highest BCUT2D eigenvalue weighted by molar-refractivity contribution is 7.89. The van der Waals surface area contributed by atoms with Crippen LogP contribution in [0, 0.1) is 0 Å². The molecule has 0 amide bonds. The molecule has 9 heteroatoms. The number of anilines is 2. The molecule has 6 nitrogen and oxygen atoms in total. The molecule has 0 saturated carbocycles. The summed E-state index contributed by atoms with van der Waals surface area (Å²) in [5, 5.41) is 8.14. The molecule has 0 bridgehead atoms. The minimum atomic E-state index is -3.93. The number of hydrogen-bond acceptors (Lipinski definition) is 4. The molecule has 0 spiro atoms. The van der Waals surface area contributed by atoms with Crippen LogP contribution in [0.15, 0.2) is 57.3 Å². The molecule has 0 aromatic heterocycles. The van der Waals surface area contributed by atoms with Crippen LogP contribution in [-0.2, 0) is 15.9 Å². The molecule has 0 atom stereocenters. The normalized spacial score (nSPS) is 12.7. The van der Waals surface area contributed by atoms with Crippen molar-refractivity contribution in [1.29, 1.82) is 0 Å². The molecule has 0 unspecified atom stereocenters. The maximum Gasteiger partial charge on any atom is 0.270 e. The van der Waals surface area contributed by atoms with Crippen molar-refractivity contribution in [3.8, 4) is 0 Å². The Morgan fingerprint density at radius 2 is 1.92 bits per heavy atom. The largest absolute Gasteiger partial charge is 0.355 e. The van der Waals surface area contributed by atoms with E-state index in [1.807, 2.05) is 0 Å². The molecule has 0 fully saturated rings. The molecule has 0 saturated heterocycles. The molecule has 0 aliphatic heterocycles. The van der Waals surface area contributed by atoms with E-state index in [1.165, 1.54) is 43.4 Å². The van der Waals surface area contributed by atoms with E-state index in [0.717, 1.165) is 6.92 Å². The van der Waals surface area contributed by atoms with Gasteiger partial charge in [0.1, 0.15) is 0 Å². The van der Waals surface area contributed by atoms with Gasteiger partial charge in [-0.05, 0) is 37.0 Å². The Labute approximate surface area is 150 Å². The molecule has 0 heterocycles. The predicted octanol–water partition coefficient (Wildman–Crippen LogP) is 3.27. The first-order valence-corrected chi connectivity index (χ1v) is 8.97. The average molecular weight is 380 g/mol. The predicted molar refractivity (Wildman–Crippen MR) is 99.1 cm³/mol. The summed E-state index contributed by atoms with van der Waals surface area (Å²) in [5.74, 6) is -2.81. The molecule has 2 aromatic carbocycles. The number of alkyl halides is 2. The number of aliphatic imine (C=N–C) groups is 2. The second-order valence-electron chi connectivity index (χ2n) is 5.55. The van der Waals surface area contributed by atoms with Gasteiger partial charge in [0.15, 0.2) is 5.84 Å². The Morgan fingerprint density at radius 1 is 1.23 bits per heavy atom. The van der Waals surface area contributed by atoms with Crippen molar-refractivity contribution in [3.63, 3.8) is 0 Å². The third-order valence-corrected chi connectivity index (χ3v) is 4.48. The van der Waals surface area contributed by atoms with E-state index in [2.05, 4.69) is 22.0 Å². The maximum absolute atomic E-state index is 13.5. The number of rotatable bonds is 5. The summed E-state index contributed by atoms with van der Waals surface area (Å²) in [6, 6.07) is 9.79. The van der Waals surface area contributed by atoms with Gasteiger partial charge in [0.2, 0.25) is 10.0 Å². The van der Waals surface area contributed by atoms with Gasteiger partial charge in [-0.25, -0.2) is 27.3 Å². The van der Waals surface area contributed by atoms with Gasteiger partial charge in [-0.15, -0.1) is 0 Å². The fourth-order valence-electron chi connectivity index (χ4n) is 2.30.